The smallest absolute Gasteiger partial charge is 0.339 e. The molecule has 0 aromatic heterocycles. The van der Waals surface area contributed by atoms with Gasteiger partial charge in [0.1, 0.15) is 5.75 Å². The monoisotopic (exact) mass is 444 g/mol. The highest BCUT2D eigenvalue weighted by Crippen LogP contribution is 2.27. The van der Waals surface area contributed by atoms with Crippen molar-refractivity contribution in [1.29, 1.82) is 0 Å². The van der Waals surface area contributed by atoms with Crippen LogP contribution in [0.1, 0.15) is 38.8 Å². The Hall–Kier alpha value is -4.19. The molecule has 168 valence electrons. The maximum Gasteiger partial charge on any atom is 0.339 e. The van der Waals surface area contributed by atoms with Crippen LogP contribution in [-0.4, -0.2) is 30.9 Å². The minimum Gasteiger partial charge on any atom is -0.493 e. The third kappa shape index (κ3) is 6.90. The number of ether oxygens (including phenoxy) is 3. The van der Waals surface area contributed by atoms with Crippen molar-refractivity contribution in [2.45, 2.75) is 12.5 Å². The highest BCUT2D eigenvalue weighted by Gasteiger charge is 2.27. The van der Waals surface area contributed by atoms with Crippen molar-refractivity contribution in [3.8, 4) is 5.75 Å². The number of carbonyl (C=O) groups is 3. The number of hydrogen-bond donors (Lipinski definition) is 0. The predicted octanol–water partition coefficient (Wildman–Crippen LogP) is 4.97. The molecule has 0 aliphatic rings. The van der Waals surface area contributed by atoms with Crippen molar-refractivity contribution in [3.63, 3.8) is 0 Å². The van der Waals surface area contributed by atoms with E-state index in [1.807, 2.05) is 6.07 Å². The number of benzene rings is 3. The predicted molar refractivity (Wildman–Crippen MR) is 123 cm³/mol. The van der Waals surface area contributed by atoms with E-state index < -0.39 is 18.0 Å². The topological polar surface area (TPSA) is 78.9 Å². The maximum absolute atomic E-state index is 13.2. The second-order valence-corrected chi connectivity index (χ2v) is 7.03. The van der Waals surface area contributed by atoms with Crippen molar-refractivity contribution in [2.75, 3.05) is 13.2 Å². The molecule has 3 rings (SSSR count). The summed E-state index contributed by atoms with van der Waals surface area (Å²) in [6, 6.07) is 24.0. The molecule has 1 unspecified atom stereocenters. The summed E-state index contributed by atoms with van der Waals surface area (Å²) in [5.41, 5.74) is 1.27. The molecule has 6 nitrogen and oxygen atoms in total. The highest BCUT2D eigenvalue weighted by atomic mass is 16.5. The lowest BCUT2D eigenvalue weighted by atomic mass is 9.99. The molecule has 0 bridgehead atoms. The Bertz CT molecular complexity index is 1090. The summed E-state index contributed by atoms with van der Waals surface area (Å²) in [7, 11) is 0. The fourth-order valence-electron chi connectivity index (χ4n) is 3.02. The maximum atomic E-state index is 13.2. The van der Waals surface area contributed by atoms with Gasteiger partial charge in [0.15, 0.2) is 6.10 Å². The molecule has 3 aromatic carbocycles. The van der Waals surface area contributed by atoms with Gasteiger partial charge < -0.3 is 14.2 Å². The quantitative estimate of drug-likeness (QED) is 0.180. The van der Waals surface area contributed by atoms with E-state index in [0.29, 0.717) is 35.5 Å². The van der Waals surface area contributed by atoms with Crippen molar-refractivity contribution in [2.24, 2.45) is 0 Å². The first-order valence-corrected chi connectivity index (χ1v) is 10.5. The second kappa shape index (κ2) is 12.0. The number of ketones is 1. The molecule has 3 aromatic rings. The third-order valence-electron chi connectivity index (χ3n) is 4.66. The van der Waals surface area contributed by atoms with E-state index in [0.717, 1.165) is 6.08 Å². The molecular weight excluding hydrogens is 420 g/mol. The fraction of sp³-hybridized carbons (Fsp3) is 0.148. The lowest BCUT2D eigenvalue weighted by Gasteiger charge is -2.18. The van der Waals surface area contributed by atoms with E-state index in [9.17, 15) is 14.4 Å². The molecule has 0 radical (unpaired) electrons. The van der Waals surface area contributed by atoms with Gasteiger partial charge in [0.2, 0.25) is 5.78 Å². The van der Waals surface area contributed by atoms with Gasteiger partial charge in [-0.15, -0.1) is 0 Å². The minimum absolute atomic E-state index is 0.203. The van der Waals surface area contributed by atoms with Gasteiger partial charge in [0.25, 0.3) is 0 Å². The largest absolute Gasteiger partial charge is 0.493 e. The standard InChI is InChI=1S/C27H24O6/c1-2-24(28)32-18-10-17-31-23-16-9-15-22(19-23)26(25(29)20-11-5-3-6-12-20)33-27(30)21-13-7-4-8-14-21/h2-9,11-16,19,26H,1,10,17-18H2. The van der Waals surface area contributed by atoms with Gasteiger partial charge in [-0.1, -0.05) is 67.2 Å². The van der Waals surface area contributed by atoms with Crippen LogP contribution in [0.4, 0.5) is 0 Å². The summed E-state index contributed by atoms with van der Waals surface area (Å²) >= 11 is 0. The first-order valence-electron chi connectivity index (χ1n) is 10.5. The van der Waals surface area contributed by atoms with Crippen LogP contribution < -0.4 is 4.74 Å². The van der Waals surface area contributed by atoms with Crippen molar-refractivity contribution < 1.29 is 28.6 Å². The van der Waals surface area contributed by atoms with E-state index in [1.165, 1.54) is 0 Å². The molecule has 0 saturated heterocycles. The van der Waals surface area contributed by atoms with Crippen LogP contribution in [0.15, 0.2) is 97.6 Å². The lowest BCUT2D eigenvalue weighted by Crippen LogP contribution is -2.20. The Morgan fingerprint density at radius 3 is 2.15 bits per heavy atom. The zero-order chi connectivity index (χ0) is 23.5. The van der Waals surface area contributed by atoms with Crippen LogP contribution >= 0.6 is 0 Å². The number of carbonyl (C=O) groups excluding carboxylic acids is 3. The normalized spacial score (nSPS) is 11.2. The first kappa shape index (κ1) is 23.5. The van der Waals surface area contributed by atoms with Gasteiger partial charge in [0, 0.05) is 23.6 Å². The number of rotatable bonds is 11. The van der Waals surface area contributed by atoms with Crippen molar-refractivity contribution in [3.05, 3.63) is 114 Å². The fourth-order valence-corrected chi connectivity index (χ4v) is 3.02. The number of hydrogen-bond acceptors (Lipinski definition) is 6. The number of esters is 2. The van der Waals surface area contributed by atoms with Gasteiger partial charge >= 0.3 is 11.9 Å². The molecule has 33 heavy (non-hydrogen) atoms. The average molecular weight is 444 g/mol. The van der Waals surface area contributed by atoms with Gasteiger partial charge in [-0.2, -0.15) is 0 Å². The summed E-state index contributed by atoms with van der Waals surface area (Å²) in [4.78, 5) is 37.0. The summed E-state index contributed by atoms with van der Waals surface area (Å²) in [6.07, 6.45) is 0.446. The highest BCUT2D eigenvalue weighted by molar-refractivity contribution is 6.02. The van der Waals surface area contributed by atoms with E-state index >= 15 is 0 Å². The summed E-state index contributed by atoms with van der Waals surface area (Å²) in [5, 5.41) is 0. The molecule has 0 aliphatic heterocycles. The van der Waals surface area contributed by atoms with Crippen LogP contribution in [0.5, 0.6) is 5.75 Å². The van der Waals surface area contributed by atoms with E-state index in [4.69, 9.17) is 14.2 Å². The Balaban J connectivity index is 1.76. The molecule has 0 heterocycles. The zero-order valence-electron chi connectivity index (χ0n) is 18.0. The minimum atomic E-state index is -1.14. The van der Waals surface area contributed by atoms with Crippen molar-refractivity contribution in [1.82, 2.24) is 0 Å². The third-order valence-corrected chi connectivity index (χ3v) is 4.66. The molecule has 0 saturated carbocycles. The Morgan fingerprint density at radius 1 is 0.818 bits per heavy atom. The van der Waals surface area contributed by atoms with Gasteiger partial charge in [0.05, 0.1) is 18.8 Å². The van der Waals surface area contributed by atoms with Gasteiger partial charge in [-0.25, -0.2) is 9.59 Å². The molecule has 0 spiro atoms. The van der Waals surface area contributed by atoms with Crippen LogP contribution in [-0.2, 0) is 14.3 Å². The molecule has 0 amide bonds. The van der Waals surface area contributed by atoms with Crippen LogP contribution in [0.25, 0.3) is 0 Å². The summed E-state index contributed by atoms with van der Waals surface area (Å²) in [6.45, 7) is 3.84. The Kier molecular flexibility index (Phi) is 8.54. The Labute approximate surface area is 192 Å². The molecule has 0 N–H and O–H groups in total. The van der Waals surface area contributed by atoms with Gasteiger partial charge in [-0.05, 0) is 24.3 Å². The van der Waals surface area contributed by atoms with E-state index in [-0.39, 0.29) is 12.4 Å². The van der Waals surface area contributed by atoms with E-state index in [1.54, 1.807) is 78.9 Å². The molecule has 6 heteroatoms. The average Bonchev–Trinajstić information content (AvgIpc) is 2.87. The summed E-state index contributed by atoms with van der Waals surface area (Å²) < 4.78 is 16.3. The van der Waals surface area contributed by atoms with Crippen LogP contribution in [0, 0.1) is 0 Å². The first-order chi connectivity index (χ1) is 16.1. The summed E-state index contributed by atoms with van der Waals surface area (Å²) in [5.74, 6) is -0.919. The molecule has 0 aliphatic carbocycles. The van der Waals surface area contributed by atoms with Crippen LogP contribution in [0.2, 0.25) is 0 Å². The second-order valence-electron chi connectivity index (χ2n) is 7.03. The lowest BCUT2D eigenvalue weighted by molar-refractivity contribution is -0.137. The number of Topliss-reactive ketones (excluding diaryl/α,β-unsaturated/α-hetero) is 1. The molecular formula is C27H24O6. The van der Waals surface area contributed by atoms with Crippen molar-refractivity contribution >= 4 is 17.7 Å². The van der Waals surface area contributed by atoms with Crippen LogP contribution in [0.3, 0.4) is 0 Å². The SMILES string of the molecule is C=CC(=O)OCCCOc1cccc(C(OC(=O)c2ccccc2)C(=O)c2ccccc2)c1. The van der Waals surface area contributed by atoms with E-state index in [2.05, 4.69) is 6.58 Å². The van der Waals surface area contributed by atoms with Gasteiger partial charge in [-0.3, -0.25) is 4.79 Å². The zero-order valence-corrected chi connectivity index (χ0v) is 18.0. The molecule has 0 fully saturated rings. The molecule has 1 atom stereocenters. The Morgan fingerprint density at radius 2 is 1.48 bits per heavy atom.